The van der Waals surface area contributed by atoms with Gasteiger partial charge < -0.3 is 4.74 Å². The molecule has 36 heavy (non-hydrogen) atoms. The Labute approximate surface area is 206 Å². The zero-order valence-electron chi connectivity index (χ0n) is 19.2. The molecular formula is C24H20N8O3S. The van der Waals surface area contributed by atoms with E-state index >= 15 is 0 Å². The fraction of sp³-hybridized carbons (Fsp3) is 0.208. The van der Waals surface area contributed by atoms with Crippen molar-refractivity contribution in [2.45, 2.75) is 24.5 Å². The maximum atomic E-state index is 12.4. The van der Waals surface area contributed by atoms with E-state index in [1.165, 1.54) is 7.11 Å². The fourth-order valence-corrected chi connectivity index (χ4v) is 5.54. The summed E-state index contributed by atoms with van der Waals surface area (Å²) in [4.78, 5) is 9.02. The molecule has 1 N–H and O–H groups in total. The third-order valence-electron chi connectivity index (χ3n) is 6.07. The molecule has 11 nitrogen and oxygen atoms in total. The molecule has 12 heteroatoms. The number of methoxy groups -OCH3 is 1. The Morgan fingerprint density at radius 2 is 2.08 bits per heavy atom. The number of nitriles is 1. The van der Waals surface area contributed by atoms with Gasteiger partial charge in [-0.1, -0.05) is 0 Å². The molecule has 4 heterocycles. The summed E-state index contributed by atoms with van der Waals surface area (Å²) in [7, 11) is -1.90. The second-order valence-electron chi connectivity index (χ2n) is 8.46. The lowest BCUT2D eigenvalue weighted by atomic mass is 10.1. The first-order valence-corrected chi connectivity index (χ1v) is 12.8. The van der Waals surface area contributed by atoms with Gasteiger partial charge in [0.2, 0.25) is 10.0 Å². The number of nitrogens with one attached hydrogen (secondary N) is 1. The van der Waals surface area contributed by atoms with Crippen LogP contribution in [0.2, 0.25) is 0 Å². The van der Waals surface area contributed by atoms with Crippen molar-refractivity contribution in [3.05, 3.63) is 60.8 Å². The van der Waals surface area contributed by atoms with Gasteiger partial charge in [0.15, 0.2) is 5.65 Å². The Hall–Kier alpha value is -4.50. The van der Waals surface area contributed by atoms with Crippen LogP contribution in [0.15, 0.2) is 55.1 Å². The van der Waals surface area contributed by atoms with Gasteiger partial charge in [-0.3, -0.25) is 9.71 Å². The van der Waals surface area contributed by atoms with Gasteiger partial charge in [0.25, 0.3) is 0 Å². The largest absolute Gasteiger partial charge is 0.494 e. The van der Waals surface area contributed by atoms with Gasteiger partial charge in [-0.25, -0.2) is 22.6 Å². The predicted molar refractivity (Wildman–Crippen MR) is 132 cm³/mol. The number of pyridine rings is 1. The van der Waals surface area contributed by atoms with Crippen molar-refractivity contribution in [1.29, 1.82) is 5.26 Å². The van der Waals surface area contributed by atoms with Crippen molar-refractivity contribution in [1.82, 2.24) is 29.4 Å². The minimum absolute atomic E-state index is 0.102. The third kappa shape index (κ3) is 3.70. The lowest BCUT2D eigenvalue weighted by Gasteiger charge is -2.13. The zero-order chi connectivity index (χ0) is 24.9. The number of sulfonamides is 1. The van der Waals surface area contributed by atoms with Gasteiger partial charge in [-0.15, -0.1) is 0 Å². The van der Waals surface area contributed by atoms with Gasteiger partial charge in [-0.2, -0.15) is 15.5 Å². The van der Waals surface area contributed by atoms with E-state index in [1.54, 1.807) is 52.1 Å². The number of hydrogen-bond donors (Lipinski definition) is 1. The molecule has 6 rings (SSSR count). The van der Waals surface area contributed by atoms with Crippen molar-refractivity contribution < 1.29 is 13.2 Å². The van der Waals surface area contributed by atoms with Gasteiger partial charge in [0.1, 0.15) is 11.4 Å². The van der Waals surface area contributed by atoms with E-state index in [9.17, 15) is 13.7 Å². The molecule has 1 fully saturated rings. The molecule has 1 aliphatic rings. The number of ether oxygens (including phenoxy) is 1. The van der Waals surface area contributed by atoms with Gasteiger partial charge >= 0.3 is 0 Å². The van der Waals surface area contributed by atoms with Crippen molar-refractivity contribution in [3.8, 4) is 28.8 Å². The standard InChI is InChI=1S/C24H20N8O3S/c1-35-23-11-15(30-36(33,34)16-4-5-16)3-6-21(23)32-22-12-20(27-13-17(22)19(29-32)7-8-25)18-14-28-31-10-2-9-26-24(18)31/h2-3,6,9-14,16,30H,4-5,7H2,1H3. The molecule has 0 spiro atoms. The Kier molecular flexibility index (Phi) is 5.08. The number of benzene rings is 1. The fourth-order valence-electron chi connectivity index (χ4n) is 4.16. The van der Waals surface area contributed by atoms with Crippen molar-refractivity contribution in [2.24, 2.45) is 0 Å². The van der Waals surface area contributed by atoms with Crippen LogP contribution in [0.5, 0.6) is 5.75 Å². The number of hydrogen-bond acceptors (Lipinski definition) is 8. The Bertz CT molecular complexity index is 1780. The minimum atomic E-state index is -3.42. The molecule has 5 aromatic rings. The van der Waals surface area contributed by atoms with Crippen LogP contribution in [0.3, 0.4) is 0 Å². The van der Waals surface area contributed by atoms with Gasteiger partial charge in [0.05, 0.1) is 59.2 Å². The first-order chi connectivity index (χ1) is 17.5. The van der Waals surface area contributed by atoms with Crippen molar-refractivity contribution in [2.75, 3.05) is 11.8 Å². The summed E-state index contributed by atoms with van der Waals surface area (Å²) in [6.45, 7) is 0. The summed E-state index contributed by atoms with van der Waals surface area (Å²) in [6.07, 6.45) is 8.34. The Morgan fingerprint density at radius 1 is 1.22 bits per heavy atom. The molecule has 1 aromatic carbocycles. The maximum absolute atomic E-state index is 12.4. The Balaban J connectivity index is 1.49. The van der Waals surface area contributed by atoms with E-state index in [0.717, 1.165) is 10.9 Å². The van der Waals surface area contributed by atoms with Gasteiger partial charge in [-0.05, 0) is 37.1 Å². The molecule has 0 atom stereocenters. The molecule has 0 radical (unpaired) electrons. The van der Waals surface area contributed by atoms with E-state index in [2.05, 4.69) is 31.0 Å². The summed E-state index contributed by atoms with van der Waals surface area (Å²) in [5.41, 5.74) is 4.36. The van der Waals surface area contributed by atoms with Crippen LogP contribution >= 0.6 is 0 Å². The number of nitrogens with zero attached hydrogens (tertiary/aromatic N) is 7. The van der Waals surface area contributed by atoms with E-state index in [4.69, 9.17) is 4.74 Å². The third-order valence-corrected chi connectivity index (χ3v) is 7.94. The highest BCUT2D eigenvalue weighted by Crippen LogP contribution is 2.34. The second kappa shape index (κ2) is 8.31. The lowest BCUT2D eigenvalue weighted by molar-refractivity contribution is 0.412. The summed E-state index contributed by atoms with van der Waals surface area (Å²) in [5.74, 6) is 0.426. The van der Waals surface area contributed by atoms with Crippen LogP contribution in [0.25, 0.3) is 33.5 Å². The molecule has 1 aliphatic carbocycles. The first-order valence-electron chi connectivity index (χ1n) is 11.2. The number of rotatable bonds is 7. The van der Waals surface area contributed by atoms with Crippen LogP contribution < -0.4 is 9.46 Å². The first kappa shape index (κ1) is 22.0. The van der Waals surface area contributed by atoms with Crippen LogP contribution in [-0.2, 0) is 16.4 Å². The Morgan fingerprint density at radius 3 is 2.86 bits per heavy atom. The topological polar surface area (TPSA) is 140 Å². The van der Waals surface area contributed by atoms with E-state index in [-0.39, 0.29) is 11.7 Å². The van der Waals surface area contributed by atoms with E-state index in [1.807, 2.05) is 12.3 Å². The molecule has 0 amide bonds. The summed E-state index contributed by atoms with van der Waals surface area (Å²) < 4.78 is 36.4. The molecule has 0 saturated heterocycles. The molecule has 0 aliphatic heterocycles. The van der Waals surface area contributed by atoms with E-state index < -0.39 is 10.0 Å². The number of aromatic nitrogens is 6. The lowest BCUT2D eigenvalue weighted by Crippen LogP contribution is -2.17. The van der Waals surface area contributed by atoms with Crippen LogP contribution in [-0.4, -0.2) is 50.1 Å². The SMILES string of the molecule is COc1cc(NS(=O)(=O)C2CC2)ccc1-n1nc(CC#N)c2cnc(-c3cnn4cccnc34)cc21. The highest BCUT2D eigenvalue weighted by atomic mass is 32.2. The van der Waals surface area contributed by atoms with Crippen LogP contribution in [0.4, 0.5) is 5.69 Å². The van der Waals surface area contributed by atoms with Gasteiger partial charge in [0, 0.05) is 30.0 Å². The molecule has 1 saturated carbocycles. The minimum Gasteiger partial charge on any atom is -0.494 e. The zero-order valence-corrected chi connectivity index (χ0v) is 20.0. The molecule has 0 bridgehead atoms. The average molecular weight is 501 g/mol. The molecular weight excluding hydrogens is 480 g/mol. The second-order valence-corrected chi connectivity index (χ2v) is 10.4. The average Bonchev–Trinajstić information content (AvgIpc) is 3.58. The molecule has 180 valence electrons. The molecule has 0 unspecified atom stereocenters. The molecule has 4 aromatic heterocycles. The van der Waals surface area contributed by atoms with Crippen LogP contribution in [0.1, 0.15) is 18.5 Å². The number of anilines is 1. The van der Waals surface area contributed by atoms with Crippen LogP contribution in [0, 0.1) is 11.3 Å². The quantitative estimate of drug-likeness (QED) is 0.359. The number of fused-ring (bicyclic) bond motifs is 2. The van der Waals surface area contributed by atoms with Crippen molar-refractivity contribution in [3.63, 3.8) is 0 Å². The smallest absolute Gasteiger partial charge is 0.235 e. The summed E-state index contributed by atoms with van der Waals surface area (Å²) in [6, 6.07) is 10.9. The summed E-state index contributed by atoms with van der Waals surface area (Å²) >= 11 is 0. The summed E-state index contributed by atoms with van der Waals surface area (Å²) in [5, 5.41) is 18.8. The van der Waals surface area contributed by atoms with Crippen molar-refractivity contribution >= 4 is 32.3 Å². The highest BCUT2D eigenvalue weighted by molar-refractivity contribution is 7.93. The monoisotopic (exact) mass is 500 g/mol. The van der Waals surface area contributed by atoms with E-state index in [0.29, 0.717) is 52.5 Å². The maximum Gasteiger partial charge on any atom is 0.235 e. The highest BCUT2D eigenvalue weighted by Gasteiger charge is 2.35. The normalized spacial score (nSPS) is 13.7. The predicted octanol–water partition coefficient (Wildman–Crippen LogP) is 3.11.